The predicted octanol–water partition coefficient (Wildman–Crippen LogP) is 2.55. The first kappa shape index (κ1) is 13.9. The van der Waals surface area contributed by atoms with Gasteiger partial charge in [-0.2, -0.15) is 0 Å². The molecule has 2 rings (SSSR count). The van der Waals surface area contributed by atoms with Crippen LogP contribution in [0.25, 0.3) is 0 Å². The van der Waals surface area contributed by atoms with Crippen molar-refractivity contribution in [2.45, 2.75) is 45.2 Å². The second-order valence-corrected chi connectivity index (χ2v) is 5.20. The molecule has 0 aliphatic heterocycles. The van der Waals surface area contributed by atoms with Crippen molar-refractivity contribution < 1.29 is 5.21 Å². The lowest BCUT2D eigenvalue weighted by Crippen LogP contribution is -2.28. The fourth-order valence-electron chi connectivity index (χ4n) is 2.37. The van der Waals surface area contributed by atoms with Gasteiger partial charge in [-0.1, -0.05) is 42.8 Å². The highest BCUT2D eigenvalue weighted by Gasteiger charge is 2.28. The third-order valence-electron chi connectivity index (χ3n) is 3.64. The van der Waals surface area contributed by atoms with Crippen molar-refractivity contribution in [3.8, 4) is 0 Å². The Hall–Kier alpha value is -1.55. The molecule has 4 heteroatoms. The van der Waals surface area contributed by atoms with Crippen molar-refractivity contribution in [3.05, 3.63) is 35.4 Å². The maximum atomic E-state index is 8.86. The van der Waals surface area contributed by atoms with Crippen LogP contribution < -0.4 is 5.73 Å². The lowest BCUT2D eigenvalue weighted by Gasteiger charge is -2.23. The SMILES string of the molecule is CCCCN(Cc1ccccc1C(N)=NO)C1CC1. The summed E-state index contributed by atoms with van der Waals surface area (Å²) in [5.41, 5.74) is 7.72. The van der Waals surface area contributed by atoms with Crippen LogP contribution in [0.5, 0.6) is 0 Å². The molecular formula is C15H23N3O. The lowest BCUT2D eigenvalue weighted by atomic mass is 10.1. The van der Waals surface area contributed by atoms with E-state index in [1.807, 2.05) is 18.2 Å². The van der Waals surface area contributed by atoms with Crippen molar-refractivity contribution in [1.29, 1.82) is 0 Å². The molecule has 0 heterocycles. The standard InChI is InChI=1S/C15H23N3O/c1-2-3-10-18(13-8-9-13)11-12-6-4-5-7-14(12)15(16)17-19/h4-7,13,19H,2-3,8-11H2,1H3,(H2,16,17). The monoisotopic (exact) mass is 261 g/mol. The smallest absolute Gasteiger partial charge is 0.170 e. The fourth-order valence-corrected chi connectivity index (χ4v) is 2.37. The number of unbranched alkanes of at least 4 members (excludes halogenated alkanes) is 1. The Kier molecular flexibility index (Phi) is 4.80. The summed E-state index contributed by atoms with van der Waals surface area (Å²) in [4.78, 5) is 2.52. The minimum atomic E-state index is 0.196. The van der Waals surface area contributed by atoms with E-state index in [1.54, 1.807) is 0 Å². The Balaban J connectivity index is 2.12. The van der Waals surface area contributed by atoms with E-state index in [2.05, 4.69) is 23.0 Å². The van der Waals surface area contributed by atoms with Gasteiger partial charge in [0.05, 0.1) is 0 Å². The summed E-state index contributed by atoms with van der Waals surface area (Å²) in [6.07, 6.45) is 5.04. The number of nitrogens with zero attached hydrogens (tertiary/aromatic N) is 2. The second kappa shape index (κ2) is 6.57. The van der Waals surface area contributed by atoms with Gasteiger partial charge in [0.25, 0.3) is 0 Å². The van der Waals surface area contributed by atoms with Crippen LogP contribution in [0.4, 0.5) is 0 Å². The van der Waals surface area contributed by atoms with Crippen molar-refractivity contribution in [3.63, 3.8) is 0 Å². The number of rotatable bonds is 7. The average molecular weight is 261 g/mol. The zero-order valence-electron chi connectivity index (χ0n) is 11.5. The molecule has 3 N–H and O–H groups in total. The van der Waals surface area contributed by atoms with E-state index in [4.69, 9.17) is 10.9 Å². The molecule has 0 unspecified atom stereocenters. The normalized spacial score (nSPS) is 16.0. The number of nitrogens with two attached hydrogens (primary N) is 1. The highest BCUT2D eigenvalue weighted by atomic mass is 16.4. The summed E-state index contributed by atoms with van der Waals surface area (Å²) in [5.74, 6) is 0.196. The summed E-state index contributed by atoms with van der Waals surface area (Å²) in [6.45, 7) is 4.23. The van der Waals surface area contributed by atoms with Crippen LogP contribution in [-0.4, -0.2) is 28.5 Å². The molecule has 1 aliphatic carbocycles. The molecular weight excluding hydrogens is 238 g/mol. The second-order valence-electron chi connectivity index (χ2n) is 5.20. The highest BCUT2D eigenvalue weighted by molar-refractivity contribution is 5.98. The summed E-state index contributed by atoms with van der Waals surface area (Å²) < 4.78 is 0. The topological polar surface area (TPSA) is 61.8 Å². The Morgan fingerprint density at radius 1 is 1.42 bits per heavy atom. The van der Waals surface area contributed by atoms with E-state index in [0.29, 0.717) is 0 Å². The Morgan fingerprint density at radius 3 is 2.79 bits per heavy atom. The van der Waals surface area contributed by atoms with Gasteiger partial charge in [-0.05, 0) is 31.4 Å². The van der Waals surface area contributed by atoms with E-state index in [0.717, 1.165) is 30.3 Å². The van der Waals surface area contributed by atoms with Gasteiger partial charge < -0.3 is 10.9 Å². The van der Waals surface area contributed by atoms with Gasteiger partial charge in [-0.3, -0.25) is 4.90 Å². The molecule has 0 atom stereocenters. The van der Waals surface area contributed by atoms with Gasteiger partial charge in [0, 0.05) is 18.2 Å². The highest BCUT2D eigenvalue weighted by Crippen LogP contribution is 2.29. The molecule has 1 fully saturated rings. The van der Waals surface area contributed by atoms with E-state index in [1.165, 1.54) is 25.7 Å². The van der Waals surface area contributed by atoms with Crippen molar-refractivity contribution in [1.82, 2.24) is 4.90 Å². The number of hydrogen-bond donors (Lipinski definition) is 2. The first-order valence-electron chi connectivity index (χ1n) is 7.06. The molecule has 0 bridgehead atoms. The van der Waals surface area contributed by atoms with Crippen molar-refractivity contribution in [2.24, 2.45) is 10.9 Å². The molecule has 1 saturated carbocycles. The summed E-state index contributed by atoms with van der Waals surface area (Å²) in [6, 6.07) is 8.63. The van der Waals surface area contributed by atoms with Gasteiger partial charge in [0.2, 0.25) is 0 Å². The third kappa shape index (κ3) is 3.70. The number of oxime groups is 1. The summed E-state index contributed by atoms with van der Waals surface area (Å²) >= 11 is 0. The quantitative estimate of drug-likeness (QED) is 0.343. The Labute approximate surface area is 114 Å². The van der Waals surface area contributed by atoms with Crippen molar-refractivity contribution >= 4 is 5.84 Å². The molecule has 0 radical (unpaired) electrons. The van der Waals surface area contributed by atoms with Crippen LogP contribution in [-0.2, 0) is 6.54 Å². The molecule has 1 aromatic rings. The third-order valence-corrected chi connectivity index (χ3v) is 3.64. The maximum Gasteiger partial charge on any atom is 0.170 e. The number of amidine groups is 1. The van der Waals surface area contributed by atoms with Gasteiger partial charge in [0.1, 0.15) is 0 Å². The molecule has 4 nitrogen and oxygen atoms in total. The van der Waals surface area contributed by atoms with Crippen LogP contribution in [0.1, 0.15) is 43.7 Å². The molecule has 0 saturated heterocycles. The number of benzene rings is 1. The molecule has 1 aliphatic rings. The lowest BCUT2D eigenvalue weighted by molar-refractivity contribution is 0.250. The largest absolute Gasteiger partial charge is 0.409 e. The summed E-state index contributed by atoms with van der Waals surface area (Å²) in [5, 5.41) is 12.0. The molecule has 0 spiro atoms. The Morgan fingerprint density at radius 2 is 2.16 bits per heavy atom. The van der Waals surface area contributed by atoms with Crippen LogP contribution >= 0.6 is 0 Å². The Bertz CT molecular complexity index is 441. The van der Waals surface area contributed by atoms with Gasteiger partial charge >= 0.3 is 0 Å². The zero-order valence-corrected chi connectivity index (χ0v) is 11.5. The first-order chi connectivity index (χ1) is 9.26. The van der Waals surface area contributed by atoms with Gasteiger partial charge in [-0.25, -0.2) is 0 Å². The number of hydrogen-bond acceptors (Lipinski definition) is 3. The van der Waals surface area contributed by atoms with E-state index in [9.17, 15) is 0 Å². The maximum absolute atomic E-state index is 8.86. The minimum absolute atomic E-state index is 0.196. The molecule has 104 valence electrons. The molecule has 1 aromatic carbocycles. The van der Waals surface area contributed by atoms with Crippen LogP contribution in [0.15, 0.2) is 29.4 Å². The van der Waals surface area contributed by atoms with Crippen LogP contribution in [0.2, 0.25) is 0 Å². The molecule has 19 heavy (non-hydrogen) atoms. The first-order valence-corrected chi connectivity index (χ1v) is 7.06. The average Bonchev–Trinajstić information content (AvgIpc) is 3.27. The van der Waals surface area contributed by atoms with E-state index >= 15 is 0 Å². The van der Waals surface area contributed by atoms with Crippen LogP contribution in [0.3, 0.4) is 0 Å². The van der Waals surface area contributed by atoms with Crippen molar-refractivity contribution in [2.75, 3.05) is 6.54 Å². The van der Waals surface area contributed by atoms with E-state index in [-0.39, 0.29) is 5.84 Å². The van der Waals surface area contributed by atoms with E-state index < -0.39 is 0 Å². The van der Waals surface area contributed by atoms with Gasteiger partial charge in [0.15, 0.2) is 5.84 Å². The molecule has 0 amide bonds. The van der Waals surface area contributed by atoms with Crippen LogP contribution in [0, 0.1) is 0 Å². The van der Waals surface area contributed by atoms with Gasteiger partial charge in [-0.15, -0.1) is 0 Å². The minimum Gasteiger partial charge on any atom is -0.409 e. The zero-order chi connectivity index (χ0) is 13.7. The predicted molar refractivity (Wildman–Crippen MR) is 77.3 cm³/mol. The molecule has 0 aromatic heterocycles. The summed E-state index contributed by atoms with van der Waals surface area (Å²) in [7, 11) is 0. The fraction of sp³-hybridized carbons (Fsp3) is 0.533.